The minimum absolute atomic E-state index is 0.122. The zero-order valence-electron chi connectivity index (χ0n) is 12.0. The molecule has 0 radical (unpaired) electrons. The third-order valence-electron chi connectivity index (χ3n) is 3.78. The molecule has 0 unspecified atom stereocenters. The molecular formula is C17H22N2O. The van der Waals surface area contributed by atoms with Gasteiger partial charge in [0, 0.05) is 17.7 Å². The summed E-state index contributed by atoms with van der Waals surface area (Å²) in [6.07, 6.45) is 5.57. The molecule has 2 rings (SSSR count). The Balaban J connectivity index is 1.95. The molecule has 1 aromatic carbocycles. The van der Waals surface area contributed by atoms with Crippen LogP contribution in [-0.2, 0) is 4.79 Å². The Hall–Kier alpha value is -1.79. The first-order chi connectivity index (χ1) is 9.69. The molecule has 0 aliphatic heterocycles. The van der Waals surface area contributed by atoms with Crippen molar-refractivity contribution in [2.45, 2.75) is 39.0 Å². The van der Waals surface area contributed by atoms with Crippen LogP contribution in [-0.4, -0.2) is 12.5 Å². The van der Waals surface area contributed by atoms with Gasteiger partial charge < -0.3 is 11.1 Å². The maximum Gasteiger partial charge on any atom is 0.224 e. The number of amides is 1. The van der Waals surface area contributed by atoms with Crippen LogP contribution in [0.3, 0.4) is 0 Å². The number of aryl methyl sites for hydroxylation is 1. The monoisotopic (exact) mass is 270 g/mol. The van der Waals surface area contributed by atoms with Gasteiger partial charge in [-0.2, -0.15) is 0 Å². The Bertz CT molecular complexity index is 534. The lowest BCUT2D eigenvalue weighted by molar-refractivity contribution is -0.117. The molecule has 106 valence electrons. The van der Waals surface area contributed by atoms with Crippen LogP contribution in [0.5, 0.6) is 0 Å². The van der Waals surface area contributed by atoms with Gasteiger partial charge in [0.1, 0.15) is 0 Å². The molecule has 1 aliphatic rings. The highest BCUT2D eigenvalue weighted by Crippen LogP contribution is 2.27. The second kappa shape index (κ2) is 7.12. The van der Waals surface area contributed by atoms with Gasteiger partial charge in [0.25, 0.3) is 0 Å². The standard InChI is InChI=1S/C17H22N2O/c1-13-11-16(9-8-15(13)7-4-10-18)19-17(20)12-14-5-2-3-6-14/h8-9,11,14H,2-3,5-6,10,12,18H2,1H3,(H,19,20). The minimum Gasteiger partial charge on any atom is -0.326 e. The van der Waals surface area contributed by atoms with Crippen LogP contribution < -0.4 is 11.1 Å². The minimum atomic E-state index is 0.122. The molecule has 0 spiro atoms. The normalized spacial score (nSPS) is 14.7. The molecule has 1 fully saturated rings. The molecular weight excluding hydrogens is 248 g/mol. The summed E-state index contributed by atoms with van der Waals surface area (Å²) in [5.74, 6) is 6.57. The van der Waals surface area contributed by atoms with Crippen molar-refractivity contribution in [3.8, 4) is 11.8 Å². The molecule has 0 heterocycles. The molecule has 3 nitrogen and oxygen atoms in total. The Labute approximate surface area is 120 Å². The lowest BCUT2D eigenvalue weighted by Gasteiger charge is -2.10. The summed E-state index contributed by atoms with van der Waals surface area (Å²) in [5, 5.41) is 2.98. The molecule has 3 N–H and O–H groups in total. The number of nitrogens with one attached hydrogen (secondary N) is 1. The molecule has 20 heavy (non-hydrogen) atoms. The zero-order chi connectivity index (χ0) is 14.4. The number of nitrogens with two attached hydrogens (primary N) is 1. The van der Waals surface area contributed by atoms with E-state index in [9.17, 15) is 4.79 Å². The number of hydrogen-bond acceptors (Lipinski definition) is 2. The predicted octanol–water partition coefficient (Wildman–Crippen LogP) is 2.82. The molecule has 1 aromatic rings. The van der Waals surface area contributed by atoms with Crippen molar-refractivity contribution < 1.29 is 4.79 Å². The molecule has 3 heteroatoms. The first-order valence-electron chi connectivity index (χ1n) is 7.28. The zero-order valence-corrected chi connectivity index (χ0v) is 12.0. The average Bonchev–Trinajstić information content (AvgIpc) is 2.90. The van der Waals surface area contributed by atoms with Crippen LogP contribution in [0.15, 0.2) is 18.2 Å². The summed E-state index contributed by atoms with van der Waals surface area (Å²) in [5.41, 5.74) is 8.24. The molecule has 0 bridgehead atoms. The summed E-state index contributed by atoms with van der Waals surface area (Å²) >= 11 is 0. The van der Waals surface area contributed by atoms with Crippen molar-refractivity contribution in [3.05, 3.63) is 29.3 Å². The van der Waals surface area contributed by atoms with Crippen LogP contribution in [0.1, 0.15) is 43.2 Å². The van der Waals surface area contributed by atoms with Gasteiger partial charge in [0.2, 0.25) is 5.91 Å². The highest BCUT2D eigenvalue weighted by molar-refractivity contribution is 5.91. The maximum absolute atomic E-state index is 12.0. The fourth-order valence-corrected chi connectivity index (χ4v) is 2.72. The van der Waals surface area contributed by atoms with Gasteiger partial charge in [-0.3, -0.25) is 4.79 Å². The van der Waals surface area contributed by atoms with Gasteiger partial charge in [0.05, 0.1) is 6.54 Å². The molecule has 0 atom stereocenters. The van der Waals surface area contributed by atoms with Crippen LogP contribution in [0.25, 0.3) is 0 Å². The first-order valence-corrected chi connectivity index (χ1v) is 7.28. The van der Waals surface area contributed by atoms with E-state index in [-0.39, 0.29) is 5.91 Å². The van der Waals surface area contributed by atoms with Crippen molar-refractivity contribution in [3.63, 3.8) is 0 Å². The first kappa shape index (κ1) is 14.6. The maximum atomic E-state index is 12.0. The third-order valence-corrected chi connectivity index (χ3v) is 3.78. The van der Waals surface area contributed by atoms with Crippen LogP contribution in [0.4, 0.5) is 5.69 Å². The van der Waals surface area contributed by atoms with Crippen LogP contribution >= 0.6 is 0 Å². The van der Waals surface area contributed by atoms with Crippen molar-refractivity contribution in [2.75, 3.05) is 11.9 Å². The van der Waals surface area contributed by atoms with Crippen molar-refractivity contribution >= 4 is 11.6 Å². The van der Waals surface area contributed by atoms with Gasteiger partial charge >= 0.3 is 0 Å². The smallest absolute Gasteiger partial charge is 0.224 e. The van der Waals surface area contributed by atoms with E-state index in [4.69, 9.17) is 5.73 Å². The highest BCUT2D eigenvalue weighted by Gasteiger charge is 2.18. The van der Waals surface area contributed by atoms with Crippen molar-refractivity contribution in [2.24, 2.45) is 11.7 Å². The number of anilines is 1. The third kappa shape index (κ3) is 4.11. The summed E-state index contributed by atoms with van der Waals surface area (Å²) in [6, 6.07) is 5.80. The summed E-state index contributed by atoms with van der Waals surface area (Å²) in [4.78, 5) is 12.0. The second-order valence-electron chi connectivity index (χ2n) is 5.44. The van der Waals surface area contributed by atoms with Gasteiger partial charge in [-0.1, -0.05) is 24.7 Å². The Morgan fingerprint density at radius 2 is 2.15 bits per heavy atom. The van der Waals surface area contributed by atoms with E-state index in [0.29, 0.717) is 18.9 Å². The molecule has 1 aliphatic carbocycles. The summed E-state index contributed by atoms with van der Waals surface area (Å²) in [6.45, 7) is 2.35. The lowest BCUT2D eigenvalue weighted by atomic mass is 10.0. The molecule has 0 saturated heterocycles. The lowest BCUT2D eigenvalue weighted by Crippen LogP contribution is -2.15. The largest absolute Gasteiger partial charge is 0.326 e. The van der Waals surface area contributed by atoms with E-state index in [1.807, 2.05) is 25.1 Å². The van der Waals surface area contributed by atoms with Gasteiger partial charge in [-0.25, -0.2) is 0 Å². The van der Waals surface area contributed by atoms with Crippen LogP contribution in [0.2, 0.25) is 0 Å². The fourth-order valence-electron chi connectivity index (χ4n) is 2.72. The van der Waals surface area contributed by atoms with Crippen molar-refractivity contribution in [1.29, 1.82) is 0 Å². The van der Waals surface area contributed by atoms with E-state index >= 15 is 0 Å². The van der Waals surface area contributed by atoms with Gasteiger partial charge in [-0.05, 0) is 49.4 Å². The summed E-state index contributed by atoms with van der Waals surface area (Å²) < 4.78 is 0. The Morgan fingerprint density at radius 1 is 1.40 bits per heavy atom. The molecule has 1 amide bonds. The van der Waals surface area contributed by atoms with Gasteiger partial charge in [0.15, 0.2) is 0 Å². The van der Waals surface area contributed by atoms with Crippen LogP contribution in [0, 0.1) is 24.7 Å². The SMILES string of the molecule is Cc1cc(NC(=O)CC2CCCC2)ccc1C#CCN. The number of rotatable bonds is 3. The predicted molar refractivity (Wildman–Crippen MR) is 82.3 cm³/mol. The Kier molecular flexibility index (Phi) is 5.20. The average molecular weight is 270 g/mol. The summed E-state index contributed by atoms with van der Waals surface area (Å²) in [7, 11) is 0. The molecule has 0 aromatic heterocycles. The van der Waals surface area contributed by atoms with E-state index in [0.717, 1.165) is 16.8 Å². The van der Waals surface area contributed by atoms with Crippen molar-refractivity contribution in [1.82, 2.24) is 0 Å². The number of carbonyl (C=O) groups is 1. The van der Waals surface area contributed by atoms with E-state index in [2.05, 4.69) is 17.2 Å². The quantitative estimate of drug-likeness (QED) is 0.830. The topological polar surface area (TPSA) is 55.1 Å². The van der Waals surface area contributed by atoms with E-state index in [1.54, 1.807) is 0 Å². The van der Waals surface area contributed by atoms with E-state index in [1.165, 1.54) is 25.7 Å². The highest BCUT2D eigenvalue weighted by atomic mass is 16.1. The number of carbonyl (C=O) groups excluding carboxylic acids is 1. The Morgan fingerprint density at radius 3 is 2.80 bits per heavy atom. The second-order valence-corrected chi connectivity index (χ2v) is 5.44. The van der Waals surface area contributed by atoms with E-state index < -0.39 is 0 Å². The number of hydrogen-bond donors (Lipinski definition) is 2. The fraction of sp³-hybridized carbons (Fsp3) is 0.471. The molecule has 1 saturated carbocycles. The van der Waals surface area contributed by atoms with Gasteiger partial charge in [-0.15, -0.1) is 0 Å². The number of benzene rings is 1.